The van der Waals surface area contributed by atoms with Gasteiger partial charge in [0.25, 0.3) is 0 Å². The molecule has 0 unspecified atom stereocenters. The van der Waals surface area contributed by atoms with Crippen molar-refractivity contribution < 1.29 is 4.39 Å². The molecule has 1 heterocycles. The molecule has 100 valence electrons. The van der Waals surface area contributed by atoms with Crippen molar-refractivity contribution in [2.45, 2.75) is 0 Å². The lowest BCUT2D eigenvalue weighted by atomic mass is 10.1. The van der Waals surface area contributed by atoms with E-state index in [2.05, 4.69) is 5.10 Å². The summed E-state index contributed by atoms with van der Waals surface area (Å²) in [5.41, 5.74) is 7.54. The summed E-state index contributed by atoms with van der Waals surface area (Å²) in [6.07, 6.45) is 0. The van der Waals surface area contributed by atoms with Crippen molar-refractivity contribution in [3.05, 3.63) is 65.4 Å². The molecule has 0 amide bonds. The van der Waals surface area contributed by atoms with Crippen LogP contribution in [0.1, 0.15) is 0 Å². The van der Waals surface area contributed by atoms with E-state index < -0.39 is 0 Å². The largest absolute Gasteiger partial charge is 0.384 e. The van der Waals surface area contributed by atoms with Crippen molar-refractivity contribution in [1.82, 2.24) is 9.78 Å². The number of hydrogen-bond acceptors (Lipinski definition) is 2. The van der Waals surface area contributed by atoms with Gasteiger partial charge in [-0.25, -0.2) is 9.07 Å². The molecule has 0 radical (unpaired) electrons. The van der Waals surface area contributed by atoms with Crippen molar-refractivity contribution in [1.29, 1.82) is 0 Å². The van der Waals surface area contributed by atoms with Gasteiger partial charge in [-0.15, -0.1) is 0 Å². The molecule has 0 aliphatic carbocycles. The van der Waals surface area contributed by atoms with Gasteiger partial charge >= 0.3 is 0 Å². The lowest BCUT2D eigenvalue weighted by molar-refractivity contribution is 0.630. The fraction of sp³-hybridized carbons (Fsp3) is 0. The second-order valence-electron chi connectivity index (χ2n) is 4.33. The summed E-state index contributed by atoms with van der Waals surface area (Å²) < 4.78 is 15.4. The van der Waals surface area contributed by atoms with Gasteiger partial charge in [0, 0.05) is 16.7 Å². The Labute approximate surface area is 120 Å². The van der Waals surface area contributed by atoms with Crippen LogP contribution in [0.2, 0.25) is 5.02 Å². The number of nitrogen functional groups attached to an aromatic ring is 1. The van der Waals surface area contributed by atoms with Gasteiger partial charge in [0.15, 0.2) is 0 Å². The number of nitrogens with zero attached hydrogens (tertiary/aromatic N) is 2. The number of rotatable bonds is 2. The molecule has 0 atom stereocenters. The molecule has 2 aromatic carbocycles. The van der Waals surface area contributed by atoms with Gasteiger partial charge in [-0.3, -0.25) is 0 Å². The van der Waals surface area contributed by atoms with Crippen molar-refractivity contribution in [2.75, 3.05) is 5.73 Å². The van der Waals surface area contributed by atoms with Crippen molar-refractivity contribution in [3.8, 4) is 16.9 Å². The minimum absolute atomic E-state index is 0.332. The quantitative estimate of drug-likeness (QED) is 0.776. The summed E-state index contributed by atoms with van der Waals surface area (Å²) in [6.45, 7) is 0. The molecular formula is C15H11ClFN3. The van der Waals surface area contributed by atoms with Gasteiger partial charge < -0.3 is 5.73 Å². The highest BCUT2D eigenvalue weighted by Gasteiger charge is 2.12. The minimum Gasteiger partial charge on any atom is -0.384 e. The van der Waals surface area contributed by atoms with E-state index in [1.54, 1.807) is 10.7 Å². The van der Waals surface area contributed by atoms with E-state index in [0.29, 0.717) is 22.1 Å². The Morgan fingerprint density at radius 2 is 1.80 bits per heavy atom. The van der Waals surface area contributed by atoms with Crippen LogP contribution >= 0.6 is 11.6 Å². The third-order valence-corrected chi connectivity index (χ3v) is 3.18. The predicted molar refractivity (Wildman–Crippen MR) is 78.4 cm³/mol. The number of nitrogens with two attached hydrogens (primary N) is 1. The lowest BCUT2D eigenvalue weighted by Crippen LogP contribution is -2.01. The summed E-state index contributed by atoms with van der Waals surface area (Å²) in [4.78, 5) is 0. The van der Waals surface area contributed by atoms with Crippen molar-refractivity contribution in [3.63, 3.8) is 0 Å². The molecular weight excluding hydrogens is 277 g/mol. The highest BCUT2D eigenvalue weighted by atomic mass is 35.5. The Bertz CT molecular complexity index is 753. The molecule has 2 N–H and O–H groups in total. The lowest BCUT2D eigenvalue weighted by Gasteiger charge is -2.03. The van der Waals surface area contributed by atoms with Crippen molar-refractivity contribution >= 4 is 17.4 Å². The Kier molecular flexibility index (Phi) is 3.16. The average molecular weight is 288 g/mol. The molecule has 0 saturated heterocycles. The maximum Gasteiger partial charge on any atom is 0.132 e. The molecule has 0 saturated carbocycles. The van der Waals surface area contributed by atoms with Crippen LogP contribution in [0.15, 0.2) is 54.6 Å². The summed E-state index contributed by atoms with van der Waals surface area (Å²) >= 11 is 5.90. The summed E-state index contributed by atoms with van der Waals surface area (Å²) in [5.74, 6) is 0.0534. The first-order chi connectivity index (χ1) is 9.65. The molecule has 3 nitrogen and oxygen atoms in total. The van der Waals surface area contributed by atoms with E-state index in [1.807, 2.05) is 30.3 Å². The molecule has 5 heteroatoms. The topological polar surface area (TPSA) is 43.8 Å². The number of benzene rings is 2. The normalized spacial score (nSPS) is 10.7. The standard InChI is InChI=1S/C15H11ClFN3/c16-10-6-7-13(17)12(8-10)14-9-15(18)20(19-14)11-4-2-1-3-5-11/h1-9H,18H2. The zero-order valence-corrected chi connectivity index (χ0v) is 11.2. The van der Waals surface area contributed by atoms with Crippen LogP contribution in [-0.4, -0.2) is 9.78 Å². The first-order valence-electron chi connectivity index (χ1n) is 6.01. The SMILES string of the molecule is Nc1cc(-c2cc(Cl)ccc2F)nn1-c1ccccc1. The number of aromatic nitrogens is 2. The maximum atomic E-state index is 13.9. The first kappa shape index (κ1) is 12.7. The molecule has 0 aliphatic heterocycles. The Morgan fingerprint density at radius 3 is 2.55 bits per heavy atom. The zero-order valence-electron chi connectivity index (χ0n) is 10.4. The van der Waals surface area contributed by atoms with E-state index in [-0.39, 0.29) is 5.82 Å². The van der Waals surface area contributed by atoms with Gasteiger partial charge in [0.1, 0.15) is 11.6 Å². The van der Waals surface area contributed by atoms with E-state index in [9.17, 15) is 4.39 Å². The third kappa shape index (κ3) is 2.26. The zero-order chi connectivity index (χ0) is 14.1. The summed E-state index contributed by atoms with van der Waals surface area (Å²) in [5, 5.41) is 4.80. The van der Waals surface area contributed by atoms with E-state index in [4.69, 9.17) is 17.3 Å². The second kappa shape index (κ2) is 4.98. The highest BCUT2D eigenvalue weighted by molar-refractivity contribution is 6.30. The molecule has 20 heavy (non-hydrogen) atoms. The number of hydrogen-bond donors (Lipinski definition) is 1. The van der Waals surface area contributed by atoms with Gasteiger partial charge in [0.2, 0.25) is 0 Å². The fourth-order valence-electron chi connectivity index (χ4n) is 2.00. The Balaban J connectivity index is 2.11. The molecule has 1 aromatic heterocycles. The van der Waals surface area contributed by atoms with Crippen molar-refractivity contribution in [2.24, 2.45) is 0 Å². The van der Waals surface area contributed by atoms with Gasteiger partial charge in [0.05, 0.1) is 11.4 Å². The fourth-order valence-corrected chi connectivity index (χ4v) is 2.17. The van der Waals surface area contributed by atoms with Crippen LogP contribution in [0, 0.1) is 5.82 Å². The smallest absolute Gasteiger partial charge is 0.132 e. The first-order valence-corrected chi connectivity index (χ1v) is 6.39. The minimum atomic E-state index is -0.382. The number of halogens is 2. The van der Waals surface area contributed by atoms with Crippen LogP contribution in [0.5, 0.6) is 0 Å². The van der Waals surface area contributed by atoms with Gasteiger partial charge in [-0.05, 0) is 30.3 Å². The van der Waals surface area contributed by atoms with Crippen LogP contribution in [-0.2, 0) is 0 Å². The number of para-hydroxylation sites is 1. The van der Waals surface area contributed by atoms with E-state index in [1.165, 1.54) is 18.2 Å². The van der Waals surface area contributed by atoms with Crippen LogP contribution < -0.4 is 5.73 Å². The maximum absolute atomic E-state index is 13.9. The highest BCUT2D eigenvalue weighted by Crippen LogP contribution is 2.27. The molecule has 0 aliphatic rings. The molecule has 0 fully saturated rings. The molecule has 3 rings (SSSR count). The summed E-state index contributed by atoms with van der Waals surface area (Å²) in [7, 11) is 0. The van der Waals surface area contributed by atoms with E-state index in [0.717, 1.165) is 5.69 Å². The van der Waals surface area contributed by atoms with Crippen LogP contribution in [0.3, 0.4) is 0 Å². The molecule has 3 aromatic rings. The second-order valence-corrected chi connectivity index (χ2v) is 4.76. The average Bonchev–Trinajstić information content (AvgIpc) is 2.84. The van der Waals surface area contributed by atoms with Crippen LogP contribution in [0.25, 0.3) is 16.9 Å². The summed E-state index contributed by atoms with van der Waals surface area (Å²) in [6, 6.07) is 15.4. The molecule has 0 spiro atoms. The molecule has 0 bridgehead atoms. The third-order valence-electron chi connectivity index (χ3n) is 2.94. The Hall–Kier alpha value is -2.33. The van der Waals surface area contributed by atoms with Gasteiger partial charge in [-0.2, -0.15) is 5.10 Å². The monoisotopic (exact) mass is 287 g/mol. The predicted octanol–water partition coefficient (Wildman–Crippen LogP) is 3.91. The Morgan fingerprint density at radius 1 is 1.05 bits per heavy atom. The van der Waals surface area contributed by atoms with Gasteiger partial charge in [-0.1, -0.05) is 29.8 Å². The number of anilines is 1. The van der Waals surface area contributed by atoms with Crippen LogP contribution in [0.4, 0.5) is 10.2 Å². The van der Waals surface area contributed by atoms with E-state index >= 15 is 0 Å².